The lowest BCUT2D eigenvalue weighted by Crippen LogP contribution is -2.35. The van der Waals surface area contributed by atoms with Crippen molar-refractivity contribution in [3.8, 4) is 0 Å². The second-order valence-electron chi connectivity index (χ2n) is 5.02. The molecule has 1 aromatic rings. The maximum absolute atomic E-state index is 11.5. The number of hydrogen-bond donors (Lipinski definition) is 1. The molecule has 0 heterocycles. The van der Waals surface area contributed by atoms with Crippen LogP contribution in [0.15, 0.2) is 30.3 Å². The number of hydrogen-bond acceptors (Lipinski definition) is 3. The Balaban J connectivity index is 2.48. The molecular weight excluding hydrogens is 230 g/mol. The van der Waals surface area contributed by atoms with Crippen molar-refractivity contribution in [3.63, 3.8) is 0 Å². The minimum atomic E-state index is -0.487. The Morgan fingerprint density at radius 2 is 1.89 bits per heavy atom. The van der Waals surface area contributed by atoms with Gasteiger partial charge in [-0.25, -0.2) is 4.79 Å². The first-order valence-electron chi connectivity index (χ1n) is 5.97. The van der Waals surface area contributed by atoms with Crippen LogP contribution in [0.3, 0.4) is 0 Å². The highest BCUT2D eigenvalue weighted by Gasteiger charge is 2.17. The summed E-state index contributed by atoms with van der Waals surface area (Å²) in [5, 5.41) is 2.70. The van der Waals surface area contributed by atoms with E-state index in [4.69, 9.17) is 9.47 Å². The molecule has 0 fully saturated rings. The SMILES string of the molecule is CO[C@@H](CNC(=O)OC(C)(C)C)c1ccccc1. The Hall–Kier alpha value is -1.55. The number of methoxy groups -OCH3 is 1. The maximum Gasteiger partial charge on any atom is 0.407 e. The molecule has 0 aliphatic heterocycles. The topological polar surface area (TPSA) is 47.6 Å². The van der Waals surface area contributed by atoms with Crippen LogP contribution in [-0.2, 0) is 9.47 Å². The second kappa shape index (κ2) is 6.40. The van der Waals surface area contributed by atoms with Crippen LogP contribution < -0.4 is 5.32 Å². The van der Waals surface area contributed by atoms with Crippen molar-refractivity contribution in [2.24, 2.45) is 0 Å². The Morgan fingerprint density at radius 1 is 1.28 bits per heavy atom. The Labute approximate surface area is 108 Å². The summed E-state index contributed by atoms with van der Waals surface area (Å²) in [6.07, 6.45) is -0.598. The van der Waals surface area contributed by atoms with Gasteiger partial charge in [-0.15, -0.1) is 0 Å². The van der Waals surface area contributed by atoms with Gasteiger partial charge in [0.15, 0.2) is 0 Å². The van der Waals surface area contributed by atoms with Gasteiger partial charge in [0, 0.05) is 7.11 Å². The molecular formula is C14H21NO3. The largest absolute Gasteiger partial charge is 0.444 e. The molecule has 18 heavy (non-hydrogen) atoms. The lowest BCUT2D eigenvalue weighted by Gasteiger charge is -2.21. The summed E-state index contributed by atoms with van der Waals surface area (Å²) in [6, 6.07) is 9.75. The molecule has 1 atom stereocenters. The van der Waals surface area contributed by atoms with Gasteiger partial charge in [-0.2, -0.15) is 0 Å². The van der Waals surface area contributed by atoms with Crippen molar-refractivity contribution in [1.82, 2.24) is 5.32 Å². The number of amides is 1. The number of ether oxygens (including phenoxy) is 2. The molecule has 100 valence electrons. The fourth-order valence-corrected chi connectivity index (χ4v) is 1.50. The monoisotopic (exact) mass is 251 g/mol. The predicted octanol–water partition coefficient (Wildman–Crippen LogP) is 2.90. The molecule has 0 radical (unpaired) electrons. The average Bonchev–Trinajstić information content (AvgIpc) is 2.29. The lowest BCUT2D eigenvalue weighted by atomic mass is 10.1. The molecule has 0 spiro atoms. The van der Waals surface area contributed by atoms with E-state index in [2.05, 4.69) is 5.32 Å². The van der Waals surface area contributed by atoms with Gasteiger partial charge in [0.05, 0.1) is 12.6 Å². The van der Waals surface area contributed by atoms with Crippen LogP contribution in [0.1, 0.15) is 32.4 Å². The summed E-state index contributed by atoms with van der Waals surface area (Å²) in [4.78, 5) is 11.5. The van der Waals surface area contributed by atoms with E-state index in [1.54, 1.807) is 7.11 Å². The smallest absolute Gasteiger partial charge is 0.407 e. The molecule has 1 aromatic carbocycles. The van der Waals surface area contributed by atoms with Crippen molar-refractivity contribution < 1.29 is 14.3 Å². The van der Waals surface area contributed by atoms with Gasteiger partial charge in [0.2, 0.25) is 0 Å². The van der Waals surface area contributed by atoms with Crippen LogP contribution in [0.5, 0.6) is 0 Å². The molecule has 0 saturated carbocycles. The molecule has 0 aromatic heterocycles. The van der Waals surface area contributed by atoms with Crippen molar-refractivity contribution >= 4 is 6.09 Å². The fourth-order valence-electron chi connectivity index (χ4n) is 1.50. The van der Waals surface area contributed by atoms with Crippen molar-refractivity contribution in [2.75, 3.05) is 13.7 Å². The van der Waals surface area contributed by atoms with Gasteiger partial charge < -0.3 is 14.8 Å². The van der Waals surface area contributed by atoms with E-state index in [1.165, 1.54) is 0 Å². The van der Waals surface area contributed by atoms with Gasteiger partial charge in [0.25, 0.3) is 0 Å². The van der Waals surface area contributed by atoms with E-state index in [1.807, 2.05) is 51.1 Å². The first kappa shape index (κ1) is 14.5. The summed E-state index contributed by atoms with van der Waals surface area (Å²) in [5.41, 5.74) is 0.537. The quantitative estimate of drug-likeness (QED) is 0.895. The van der Waals surface area contributed by atoms with Crippen LogP contribution in [0.25, 0.3) is 0 Å². The highest BCUT2D eigenvalue weighted by atomic mass is 16.6. The molecule has 4 heteroatoms. The Morgan fingerprint density at radius 3 is 2.39 bits per heavy atom. The molecule has 4 nitrogen and oxygen atoms in total. The third-order valence-corrected chi connectivity index (χ3v) is 2.29. The first-order valence-corrected chi connectivity index (χ1v) is 5.97. The van der Waals surface area contributed by atoms with Gasteiger partial charge in [-0.05, 0) is 26.3 Å². The number of benzene rings is 1. The predicted molar refractivity (Wildman–Crippen MR) is 70.4 cm³/mol. The van der Waals surface area contributed by atoms with Gasteiger partial charge in [0.1, 0.15) is 5.60 Å². The van der Waals surface area contributed by atoms with Crippen LogP contribution in [-0.4, -0.2) is 25.3 Å². The molecule has 1 rings (SSSR count). The Bertz CT molecular complexity index is 370. The Kier molecular flexibility index (Phi) is 5.16. The summed E-state index contributed by atoms with van der Waals surface area (Å²) in [6.45, 7) is 5.88. The zero-order valence-corrected chi connectivity index (χ0v) is 11.4. The zero-order valence-electron chi connectivity index (χ0n) is 11.4. The average molecular weight is 251 g/mol. The zero-order chi connectivity index (χ0) is 13.6. The summed E-state index contributed by atoms with van der Waals surface area (Å²) >= 11 is 0. The fraction of sp³-hybridized carbons (Fsp3) is 0.500. The number of carbonyl (C=O) groups excluding carboxylic acids is 1. The van der Waals surface area contributed by atoms with E-state index >= 15 is 0 Å². The molecule has 1 N–H and O–H groups in total. The number of alkyl carbamates (subject to hydrolysis) is 1. The molecule has 0 saturated heterocycles. The first-order chi connectivity index (χ1) is 8.42. The van der Waals surface area contributed by atoms with Crippen LogP contribution in [0, 0.1) is 0 Å². The maximum atomic E-state index is 11.5. The van der Waals surface area contributed by atoms with Gasteiger partial charge in [-0.3, -0.25) is 0 Å². The third-order valence-electron chi connectivity index (χ3n) is 2.29. The van der Waals surface area contributed by atoms with E-state index < -0.39 is 11.7 Å². The van der Waals surface area contributed by atoms with Crippen LogP contribution in [0.4, 0.5) is 4.79 Å². The second-order valence-corrected chi connectivity index (χ2v) is 5.02. The minimum absolute atomic E-state index is 0.168. The normalized spacial score (nSPS) is 12.9. The van der Waals surface area contributed by atoms with Crippen molar-refractivity contribution in [2.45, 2.75) is 32.5 Å². The van der Waals surface area contributed by atoms with Crippen molar-refractivity contribution in [3.05, 3.63) is 35.9 Å². The van der Waals surface area contributed by atoms with Gasteiger partial charge >= 0.3 is 6.09 Å². The highest BCUT2D eigenvalue weighted by Crippen LogP contribution is 2.15. The number of carbonyl (C=O) groups is 1. The molecule has 0 aliphatic rings. The summed E-state index contributed by atoms with van der Waals surface area (Å²) in [5.74, 6) is 0. The molecule has 0 bridgehead atoms. The standard InChI is InChI=1S/C14H21NO3/c1-14(2,3)18-13(16)15-10-12(17-4)11-8-6-5-7-9-11/h5-9,12H,10H2,1-4H3,(H,15,16)/t12-/m0/s1. The molecule has 1 amide bonds. The molecule has 0 aliphatic carbocycles. The number of nitrogens with one attached hydrogen (secondary N) is 1. The van der Waals surface area contributed by atoms with E-state index in [0.29, 0.717) is 6.54 Å². The molecule has 0 unspecified atom stereocenters. The van der Waals surface area contributed by atoms with E-state index in [0.717, 1.165) is 5.56 Å². The van der Waals surface area contributed by atoms with Crippen molar-refractivity contribution in [1.29, 1.82) is 0 Å². The number of rotatable bonds is 4. The minimum Gasteiger partial charge on any atom is -0.444 e. The summed E-state index contributed by atoms with van der Waals surface area (Å²) in [7, 11) is 1.62. The van der Waals surface area contributed by atoms with E-state index in [9.17, 15) is 4.79 Å². The lowest BCUT2D eigenvalue weighted by molar-refractivity contribution is 0.0456. The van der Waals surface area contributed by atoms with Crippen LogP contribution >= 0.6 is 0 Å². The van der Waals surface area contributed by atoms with E-state index in [-0.39, 0.29) is 6.10 Å². The third kappa shape index (κ3) is 5.19. The van der Waals surface area contributed by atoms with Crippen LogP contribution in [0.2, 0.25) is 0 Å². The highest BCUT2D eigenvalue weighted by molar-refractivity contribution is 5.67. The van der Waals surface area contributed by atoms with Gasteiger partial charge in [-0.1, -0.05) is 30.3 Å². The summed E-state index contributed by atoms with van der Waals surface area (Å²) < 4.78 is 10.5.